The summed E-state index contributed by atoms with van der Waals surface area (Å²) in [5.41, 5.74) is 0. The third-order valence-corrected chi connectivity index (χ3v) is 17.2. The third-order valence-electron chi connectivity index (χ3n) is 16.2. The molecule has 89 heavy (non-hydrogen) atoms. The second-order valence-electron chi connectivity index (χ2n) is 26.1. The Morgan fingerprint density at radius 3 is 1.10 bits per heavy atom. The lowest BCUT2D eigenvalue weighted by atomic mass is 10.0. The number of allylic oxidation sites excluding steroid dienone is 17. The zero-order valence-electron chi connectivity index (χ0n) is 58.9. The lowest BCUT2D eigenvalue weighted by Gasteiger charge is -2.27. The SMILES string of the molecule is CC/C=C\C/C=C\C/C=C\C/C=C\C/C=C\C/C=C\CCCCCCCCCCC(=O)OC(/C=C/CCCCCCCCCCCCC)C(COP(=O)(O)OCC[N+](C)(C)C)NC(=O)CCCCCCCCCCCCCCC/C=C\C/C=C\CCCCC. The van der Waals surface area contributed by atoms with Crippen molar-refractivity contribution in [3.05, 3.63) is 109 Å². The number of carbonyl (C=O) groups excluding carboxylic acids is 2. The Morgan fingerprint density at radius 1 is 0.404 bits per heavy atom. The molecule has 3 unspecified atom stereocenters. The Bertz CT molecular complexity index is 1890. The van der Waals surface area contributed by atoms with Crippen LogP contribution in [0.4, 0.5) is 0 Å². The van der Waals surface area contributed by atoms with E-state index in [1.54, 1.807) is 0 Å². The van der Waals surface area contributed by atoms with Crippen molar-refractivity contribution in [1.82, 2.24) is 5.32 Å². The van der Waals surface area contributed by atoms with E-state index in [1.165, 1.54) is 180 Å². The van der Waals surface area contributed by atoms with Gasteiger partial charge in [0.15, 0.2) is 0 Å². The minimum absolute atomic E-state index is 0.0349. The lowest BCUT2D eigenvalue weighted by molar-refractivity contribution is -0.870. The van der Waals surface area contributed by atoms with Gasteiger partial charge in [0.25, 0.3) is 0 Å². The molecule has 10 heteroatoms. The van der Waals surface area contributed by atoms with Crippen LogP contribution >= 0.6 is 7.82 Å². The number of carbonyl (C=O) groups is 2. The van der Waals surface area contributed by atoms with Crippen molar-refractivity contribution in [2.45, 2.75) is 341 Å². The van der Waals surface area contributed by atoms with Crippen LogP contribution in [0.1, 0.15) is 329 Å². The first-order valence-electron chi connectivity index (χ1n) is 37.2. The van der Waals surface area contributed by atoms with Gasteiger partial charge in [-0.1, -0.05) is 310 Å². The standard InChI is InChI=1S/C79H141N2O7P/c1-7-10-13-16-19-22-25-28-30-32-34-36-38-39-40-41-43-45-47-49-51-54-57-60-63-66-69-72-79(83)88-77(70-67-64-61-58-55-52-27-24-21-18-15-12-9-3)76(75-87-89(84,85)86-74-73-81(4,5)6)80-78(82)71-68-65-62-59-56-53-50-48-46-44-42-37-35-33-31-29-26-23-20-17-14-11-8-2/h10,13,19-20,22-23,28-31,34,36,39-40,43,45,67,70,76-77H,7-9,11-12,14-18,21,24-27,32-33,35,37-38,41-42,44,46-66,68-69,71-75H2,1-6H3,(H-,80,82,84,85)/p+1/b13-10-,22-19-,23-20-,30-28-,31-29-,36-34-,40-39-,45-43-,70-67+. The number of unbranched alkanes of at least 4 members (excludes halogenated alkanes) is 35. The zero-order chi connectivity index (χ0) is 64.9. The molecule has 2 N–H and O–H groups in total. The van der Waals surface area contributed by atoms with Crippen LogP contribution in [0, 0.1) is 0 Å². The lowest BCUT2D eigenvalue weighted by Crippen LogP contribution is -2.47. The van der Waals surface area contributed by atoms with Crippen LogP contribution in [0.15, 0.2) is 109 Å². The predicted molar refractivity (Wildman–Crippen MR) is 387 cm³/mol. The van der Waals surface area contributed by atoms with Crippen LogP contribution in [0.2, 0.25) is 0 Å². The molecule has 0 aromatic rings. The Labute approximate surface area is 551 Å². The maximum atomic E-state index is 13.6. The van der Waals surface area contributed by atoms with E-state index >= 15 is 0 Å². The summed E-state index contributed by atoms with van der Waals surface area (Å²) in [4.78, 5) is 38.0. The van der Waals surface area contributed by atoms with Gasteiger partial charge < -0.3 is 19.4 Å². The number of likely N-dealkylation sites (N-methyl/N-ethyl adjacent to an activating group) is 1. The van der Waals surface area contributed by atoms with E-state index < -0.39 is 20.0 Å². The van der Waals surface area contributed by atoms with Gasteiger partial charge in [-0.25, -0.2) is 4.57 Å². The fourth-order valence-corrected chi connectivity index (χ4v) is 11.2. The summed E-state index contributed by atoms with van der Waals surface area (Å²) in [5.74, 6) is -0.511. The van der Waals surface area contributed by atoms with Crippen molar-refractivity contribution in [1.29, 1.82) is 0 Å². The van der Waals surface area contributed by atoms with Crippen LogP contribution in [-0.4, -0.2) is 74.3 Å². The minimum Gasteiger partial charge on any atom is -0.456 e. The van der Waals surface area contributed by atoms with Gasteiger partial charge in [0.05, 0.1) is 33.8 Å². The van der Waals surface area contributed by atoms with E-state index in [0.717, 1.165) is 116 Å². The Kier molecular flexibility index (Phi) is 65.0. The fourth-order valence-electron chi connectivity index (χ4n) is 10.5. The molecule has 0 spiro atoms. The Morgan fingerprint density at radius 2 is 0.719 bits per heavy atom. The number of ether oxygens (including phenoxy) is 1. The normalized spacial score (nSPS) is 14.1. The van der Waals surface area contributed by atoms with E-state index in [2.05, 4.69) is 123 Å². The summed E-state index contributed by atoms with van der Waals surface area (Å²) in [6, 6.07) is -0.860. The molecule has 9 nitrogen and oxygen atoms in total. The number of esters is 1. The number of amides is 1. The molecule has 0 saturated carbocycles. The average molecular weight is 1260 g/mol. The summed E-state index contributed by atoms with van der Waals surface area (Å²) < 4.78 is 30.9. The highest BCUT2D eigenvalue weighted by Crippen LogP contribution is 2.43. The van der Waals surface area contributed by atoms with Crippen molar-refractivity contribution < 1.29 is 37.3 Å². The summed E-state index contributed by atoms with van der Waals surface area (Å²) >= 11 is 0. The van der Waals surface area contributed by atoms with Gasteiger partial charge in [0.2, 0.25) is 5.91 Å². The van der Waals surface area contributed by atoms with Crippen LogP contribution in [0.5, 0.6) is 0 Å². The highest BCUT2D eigenvalue weighted by atomic mass is 31.2. The molecular formula is C79H142N2O7P+. The van der Waals surface area contributed by atoms with E-state index in [4.69, 9.17) is 13.8 Å². The van der Waals surface area contributed by atoms with Crippen LogP contribution < -0.4 is 5.32 Å². The van der Waals surface area contributed by atoms with Crippen molar-refractivity contribution in [3.8, 4) is 0 Å². The molecular weight excluding hydrogens is 1120 g/mol. The highest BCUT2D eigenvalue weighted by Gasteiger charge is 2.30. The first-order chi connectivity index (χ1) is 43.4. The summed E-state index contributed by atoms with van der Waals surface area (Å²) in [6.07, 6.45) is 93.8. The monoisotopic (exact) mass is 1260 g/mol. The molecule has 0 bridgehead atoms. The minimum atomic E-state index is -4.47. The maximum absolute atomic E-state index is 13.6. The molecule has 0 aromatic carbocycles. The summed E-state index contributed by atoms with van der Waals surface area (Å²) in [5, 5.41) is 3.07. The molecule has 0 aliphatic rings. The first kappa shape index (κ1) is 85.7. The van der Waals surface area contributed by atoms with Gasteiger partial charge in [0, 0.05) is 12.8 Å². The zero-order valence-corrected chi connectivity index (χ0v) is 59.8. The second kappa shape index (κ2) is 67.6. The van der Waals surface area contributed by atoms with Crippen molar-refractivity contribution in [2.24, 2.45) is 0 Å². The molecule has 1 amide bonds. The smallest absolute Gasteiger partial charge is 0.456 e. The Balaban J connectivity index is 5.08. The quantitative estimate of drug-likeness (QED) is 0.0205. The molecule has 0 fully saturated rings. The van der Waals surface area contributed by atoms with Gasteiger partial charge in [-0.15, -0.1) is 0 Å². The van der Waals surface area contributed by atoms with Crippen molar-refractivity contribution in [3.63, 3.8) is 0 Å². The Hall–Kier alpha value is -3.33. The number of nitrogens with zero attached hydrogens (tertiary/aromatic N) is 1. The molecule has 3 atom stereocenters. The third kappa shape index (κ3) is 68.9. The van der Waals surface area contributed by atoms with Crippen LogP contribution in [-0.2, 0) is 27.9 Å². The number of phosphoric ester groups is 1. The topological polar surface area (TPSA) is 111 Å². The molecule has 0 radical (unpaired) electrons. The van der Waals surface area contributed by atoms with Gasteiger partial charge in [0.1, 0.15) is 19.3 Å². The predicted octanol–water partition coefficient (Wildman–Crippen LogP) is 24.0. The number of quaternary nitrogens is 1. The van der Waals surface area contributed by atoms with Gasteiger partial charge >= 0.3 is 13.8 Å². The number of nitrogens with one attached hydrogen (secondary N) is 1. The first-order valence-corrected chi connectivity index (χ1v) is 38.7. The largest absolute Gasteiger partial charge is 0.472 e. The van der Waals surface area contributed by atoms with Gasteiger partial charge in [-0.2, -0.15) is 0 Å². The molecule has 0 aliphatic heterocycles. The highest BCUT2D eigenvalue weighted by molar-refractivity contribution is 7.47. The van der Waals surface area contributed by atoms with Crippen molar-refractivity contribution >= 4 is 19.7 Å². The van der Waals surface area contributed by atoms with E-state index in [-0.39, 0.29) is 31.5 Å². The molecule has 514 valence electrons. The fraction of sp³-hybridized carbons (Fsp3) is 0.747. The number of rotatable bonds is 67. The molecule has 0 heterocycles. The van der Waals surface area contributed by atoms with E-state index in [9.17, 15) is 19.0 Å². The summed E-state index contributed by atoms with van der Waals surface area (Å²) in [7, 11) is 1.49. The summed E-state index contributed by atoms with van der Waals surface area (Å²) in [6.45, 7) is 6.90. The molecule has 0 saturated heterocycles. The molecule has 0 aromatic heterocycles. The number of hydrogen-bond donors (Lipinski definition) is 2. The van der Waals surface area contributed by atoms with Gasteiger partial charge in [-0.3, -0.25) is 18.6 Å². The van der Waals surface area contributed by atoms with Gasteiger partial charge in [-0.05, 0) is 115 Å². The average Bonchev–Trinajstić information content (AvgIpc) is 3.63. The maximum Gasteiger partial charge on any atom is 0.472 e. The van der Waals surface area contributed by atoms with Crippen molar-refractivity contribution in [2.75, 3.05) is 40.9 Å². The molecule has 0 aliphatic carbocycles. The number of phosphoric acid groups is 1. The van der Waals surface area contributed by atoms with E-state index in [1.807, 2.05) is 33.3 Å². The molecule has 0 rings (SSSR count). The second-order valence-corrected chi connectivity index (χ2v) is 27.5. The van der Waals surface area contributed by atoms with E-state index in [0.29, 0.717) is 17.4 Å². The number of hydrogen-bond acceptors (Lipinski definition) is 6. The van der Waals surface area contributed by atoms with Crippen LogP contribution in [0.25, 0.3) is 0 Å². The van der Waals surface area contributed by atoms with Crippen LogP contribution in [0.3, 0.4) is 0 Å².